The SMILES string of the molecule is COc1cc(C2C(C#N)=C(N)Oc3c2ccc2c3OCO2)cc(Br)c1OC. The van der Waals surface area contributed by atoms with Crippen molar-refractivity contribution >= 4 is 15.9 Å². The quantitative estimate of drug-likeness (QED) is 0.796. The van der Waals surface area contributed by atoms with Gasteiger partial charge in [-0.15, -0.1) is 0 Å². The summed E-state index contributed by atoms with van der Waals surface area (Å²) in [6.45, 7) is 0.108. The largest absolute Gasteiger partial charge is 0.493 e. The zero-order valence-corrected chi connectivity index (χ0v) is 16.1. The minimum Gasteiger partial charge on any atom is -0.493 e. The number of rotatable bonds is 3. The van der Waals surface area contributed by atoms with E-state index in [0.29, 0.717) is 38.8 Å². The van der Waals surface area contributed by atoms with Gasteiger partial charge in [-0.05, 0) is 39.7 Å². The number of hydrogen-bond acceptors (Lipinski definition) is 7. The minimum absolute atomic E-state index is 0.0322. The Kier molecular flexibility index (Phi) is 4.24. The number of methoxy groups -OCH3 is 2. The van der Waals surface area contributed by atoms with Crippen LogP contribution in [0.2, 0.25) is 0 Å². The maximum absolute atomic E-state index is 9.72. The van der Waals surface area contributed by atoms with Crippen LogP contribution in [0.3, 0.4) is 0 Å². The Morgan fingerprint density at radius 1 is 1.19 bits per heavy atom. The van der Waals surface area contributed by atoms with Crippen molar-refractivity contribution in [2.24, 2.45) is 5.73 Å². The Morgan fingerprint density at radius 2 is 2.00 bits per heavy atom. The lowest BCUT2D eigenvalue weighted by Gasteiger charge is -2.27. The molecule has 2 N–H and O–H groups in total. The number of fused-ring (bicyclic) bond motifs is 3. The van der Waals surface area contributed by atoms with Crippen LogP contribution in [-0.2, 0) is 0 Å². The summed E-state index contributed by atoms with van der Waals surface area (Å²) in [6.07, 6.45) is 0. The van der Waals surface area contributed by atoms with E-state index in [1.54, 1.807) is 20.3 Å². The lowest BCUT2D eigenvalue weighted by Crippen LogP contribution is -2.21. The zero-order valence-electron chi connectivity index (χ0n) is 14.5. The molecule has 2 aliphatic rings. The van der Waals surface area contributed by atoms with Gasteiger partial charge in [-0.1, -0.05) is 6.07 Å². The molecule has 0 fully saturated rings. The third-order valence-corrected chi connectivity index (χ3v) is 5.10. The summed E-state index contributed by atoms with van der Waals surface area (Å²) in [5.74, 6) is 2.19. The minimum atomic E-state index is -0.454. The molecule has 2 aromatic carbocycles. The molecule has 2 aliphatic heterocycles. The maximum Gasteiger partial charge on any atom is 0.231 e. The van der Waals surface area contributed by atoms with Gasteiger partial charge in [-0.25, -0.2) is 0 Å². The molecule has 138 valence electrons. The first kappa shape index (κ1) is 17.4. The van der Waals surface area contributed by atoms with E-state index in [1.165, 1.54) is 0 Å². The molecule has 1 atom stereocenters. The highest BCUT2D eigenvalue weighted by Gasteiger charge is 2.36. The second kappa shape index (κ2) is 6.59. The smallest absolute Gasteiger partial charge is 0.231 e. The fourth-order valence-electron chi connectivity index (χ4n) is 3.33. The molecular formula is C19H15BrN2O5. The van der Waals surface area contributed by atoms with Crippen molar-refractivity contribution in [3.05, 3.63) is 51.3 Å². The monoisotopic (exact) mass is 430 g/mol. The van der Waals surface area contributed by atoms with Crippen LogP contribution in [0.15, 0.2) is 40.2 Å². The van der Waals surface area contributed by atoms with Gasteiger partial charge in [0.15, 0.2) is 23.0 Å². The van der Waals surface area contributed by atoms with Crippen molar-refractivity contribution in [3.63, 3.8) is 0 Å². The van der Waals surface area contributed by atoms with Crippen LogP contribution in [0.25, 0.3) is 0 Å². The lowest BCUT2D eigenvalue weighted by atomic mass is 9.83. The molecule has 0 aliphatic carbocycles. The van der Waals surface area contributed by atoms with Gasteiger partial charge in [0.05, 0.1) is 24.6 Å². The van der Waals surface area contributed by atoms with E-state index in [2.05, 4.69) is 22.0 Å². The van der Waals surface area contributed by atoms with E-state index in [0.717, 1.165) is 11.1 Å². The second-order valence-corrected chi connectivity index (χ2v) is 6.74. The van der Waals surface area contributed by atoms with E-state index in [9.17, 15) is 5.26 Å². The van der Waals surface area contributed by atoms with E-state index in [-0.39, 0.29) is 12.7 Å². The van der Waals surface area contributed by atoms with E-state index >= 15 is 0 Å². The third-order valence-electron chi connectivity index (χ3n) is 4.51. The standard InChI is InChI=1S/C19H15BrN2O5/c1-23-14-6-9(5-12(20)17(14)24-2)15-10-3-4-13-18(26-8-25-13)16(10)27-19(22)11(15)7-21/h3-6,15H,8,22H2,1-2H3. The maximum atomic E-state index is 9.72. The highest BCUT2D eigenvalue weighted by molar-refractivity contribution is 9.10. The topological polar surface area (TPSA) is 96.0 Å². The molecule has 4 rings (SSSR count). The summed E-state index contributed by atoms with van der Waals surface area (Å²) >= 11 is 3.50. The normalized spacial score (nSPS) is 17.0. The van der Waals surface area contributed by atoms with Gasteiger partial charge in [0.1, 0.15) is 11.6 Å². The summed E-state index contributed by atoms with van der Waals surface area (Å²) in [6, 6.07) is 9.50. The molecule has 2 heterocycles. The number of halogens is 1. The van der Waals surface area contributed by atoms with Crippen LogP contribution >= 0.6 is 15.9 Å². The summed E-state index contributed by atoms with van der Waals surface area (Å²) in [5.41, 5.74) is 7.92. The molecule has 0 saturated carbocycles. The zero-order chi connectivity index (χ0) is 19.1. The van der Waals surface area contributed by atoms with Crippen LogP contribution < -0.4 is 29.4 Å². The van der Waals surface area contributed by atoms with E-state index < -0.39 is 5.92 Å². The first-order valence-electron chi connectivity index (χ1n) is 8.00. The molecular weight excluding hydrogens is 416 g/mol. The summed E-state index contributed by atoms with van der Waals surface area (Å²) < 4.78 is 28.2. The summed E-state index contributed by atoms with van der Waals surface area (Å²) in [7, 11) is 3.12. The Morgan fingerprint density at radius 3 is 2.70 bits per heavy atom. The predicted molar refractivity (Wildman–Crippen MR) is 99.1 cm³/mol. The van der Waals surface area contributed by atoms with Crippen molar-refractivity contribution in [3.8, 4) is 34.8 Å². The number of nitrogens with two attached hydrogens (primary N) is 1. The molecule has 8 heteroatoms. The summed E-state index contributed by atoms with van der Waals surface area (Å²) in [5, 5.41) is 9.72. The van der Waals surface area contributed by atoms with Crippen LogP contribution in [0, 0.1) is 11.3 Å². The van der Waals surface area contributed by atoms with E-state index in [4.69, 9.17) is 29.4 Å². The fourth-order valence-corrected chi connectivity index (χ4v) is 3.95. The van der Waals surface area contributed by atoms with Crippen molar-refractivity contribution in [2.45, 2.75) is 5.92 Å². The second-order valence-electron chi connectivity index (χ2n) is 5.88. The molecule has 27 heavy (non-hydrogen) atoms. The van der Waals surface area contributed by atoms with E-state index in [1.807, 2.05) is 18.2 Å². The van der Waals surface area contributed by atoms with Crippen molar-refractivity contribution in [1.29, 1.82) is 5.26 Å². The number of nitrogens with zero attached hydrogens (tertiary/aromatic N) is 1. The molecule has 0 radical (unpaired) electrons. The van der Waals surface area contributed by atoms with Gasteiger partial charge < -0.3 is 29.4 Å². The average molecular weight is 431 g/mol. The Bertz CT molecular complexity index is 1010. The van der Waals surface area contributed by atoms with Gasteiger partial charge >= 0.3 is 0 Å². The molecule has 0 saturated heterocycles. The lowest BCUT2D eigenvalue weighted by molar-refractivity contribution is 0.171. The van der Waals surface area contributed by atoms with Crippen LogP contribution in [0.5, 0.6) is 28.7 Å². The molecule has 7 nitrogen and oxygen atoms in total. The molecule has 0 amide bonds. The van der Waals surface area contributed by atoms with Crippen molar-refractivity contribution in [1.82, 2.24) is 0 Å². The van der Waals surface area contributed by atoms with Crippen molar-refractivity contribution < 1.29 is 23.7 Å². The molecule has 0 spiro atoms. The van der Waals surface area contributed by atoms with Gasteiger partial charge in [0.25, 0.3) is 0 Å². The predicted octanol–water partition coefficient (Wildman–Crippen LogP) is 3.41. The van der Waals surface area contributed by atoms with Gasteiger partial charge in [0, 0.05) is 5.56 Å². The van der Waals surface area contributed by atoms with Crippen LogP contribution in [-0.4, -0.2) is 21.0 Å². The van der Waals surface area contributed by atoms with Gasteiger partial charge in [-0.2, -0.15) is 5.26 Å². The van der Waals surface area contributed by atoms with Gasteiger partial charge in [0.2, 0.25) is 18.4 Å². The highest BCUT2D eigenvalue weighted by Crippen LogP contribution is 2.52. The number of allylic oxidation sites excluding steroid dienone is 1. The Labute approximate surface area is 164 Å². The number of hydrogen-bond donors (Lipinski definition) is 1. The fraction of sp³-hybridized carbons (Fsp3) is 0.211. The molecule has 0 aromatic heterocycles. The Balaban J connectivity index is 1.95. The summed E-state index contributed by atoms with van der Waals surface area (Å²) in [4.78, 5) is 0. The molecule has 0 bridgehead atoms. The number of nitriles is 1. The first-order valence-corrected chi connectivity index (χ1v) is 8.79. The molecule has 1 unspecified atom stereocenters. The first-order chi connectivity index (χ1) is 13.1. The number of benzene rings is 2. The van der Waals surface area contributed by atoms with Gasteiger partial charge in [-0.3, -0.25) is 0 Å². The highest BCUT2D eigenvalue weighted by atomic mass is 79.9. The average Bonchev–Trinajstić information content (AvgIpc) is 3.15. The van der Waals surface area contributed by atoms with Crippen LogP contribution in [0.1, 0.15) is 17.0 Å². The Hall–Kier alpha value is -3.05. The third kappa shape index (κ3) is 2.62. The number of ether oxygens (including phenoxy) is 5. The van der Waals surface area contributed by atoms with Crippen LogP contribution in [0.4, 0.5) is 0 Å². The van der Waals surface area contributed by atoms with Crippen molar-refractivity contribution in [2.75, 3.05) is 21.0 Å². The molecule has 2 aromatic rings.